The summed E-state index contributed by atoms with van der Waals surface area (Å²) in [6.45, 7) is 0. The first-order valence-electron chi connectivity index (χ1n) is 8.71. The van der Waals surface area contributed by atoms with Crippen LogP contribution in [-0.4, -0.2) is 35.9 Å². The zero-order valence-electron chi connectivity index (χ0n) is 14.6. The van der Waals surface area contributed by atoms with Crippen molar-refractivity contribution in [2.24, 2.45) is 0 Å². The summed E-state index contributed by atoms with van der Waals surface area (Å²) in [5, 5.41) is 14.4. The Labute approximate surface area is 157 Å². The molecule has 8 nitrogen and oxygen atoms in total. The van der Waals surface area contributed by atoms with Gasteiger partial charge in [-0.2, -0.15) is 13.2 Å². The highest BCUT2D eigenvalue weighted by Gasteiger charge is 2.31. The Bertz CT molecular complexity index is 998. The van der Waals surface area contributed by atoms with E-state index in [0.717, 1.165) is 18.3 Å². The van der Waals surface area contributed by atoms with Crippen LogP contribution in [0.2, 0.25) is 0 Å². The molecule has 0 spiro atoms. The molecule has 3 heterocycles. The second-order valence-electron chi connectivity index (χ2n) is 6.65. The fourth-order valence-corrected chi connectivity index (χ4v) is 3.33. The third-order valence-corrected chi connectivity index (χ3v) is 4.76. The van der Waals surface area contributed by atoms with Crippen LogP contribution in [-0.2, 0) is 6.18 Å². The van der Waals surface area contributed by atoms with Gasteiger partial charge in [0.05, 0.1) is 17.7 Å². The zero-order chi connectivity index (χ0) is 19.9. The van der Waals surface area contributed by atoms with Gasteiger partial charge in [0.2, 0.25) is 5.88 Å². The lowest BCUT2D eigenvalue weighted by Crippen LogP contribution is -2.22. The van der Waals surface area contributed by atoms with Gasteiger partial charge in [0.15, 0.2) is 5.65 Å². The molecule has 0 aliphatic heterocycles. The number of anilines is 1. The van der Waals surface area contributed by atoms with Gasteiger partial charge < -0.3 is 15.6 Å². The van der Waals surface area contributed by atoms with Gasteiger partial charge in [-0.25, -0.2) is 19.6 Å². The van der Waals surface area contributed by atoms with E-state index in [2.05, 4.69) is 20.1 Å². The van der Waals surface area contributed by atoms with Gasteiger partial charge in [0, 0.05) is 12.3 Å². The van der Waals surface area contributed by atoms with Gasteiger partial charge in [-0.15, -0.1) is 5.10 Å². The number of aliphatic hydroxyl groups excluding tert-OH is 1. The van der Waals surface area contributed by atoms with Gasteiger partial charge in [0.25, 0.3) is 5.88 Å². The molecule has 1 fully saturated rings. The van der Waals surface area contributed by atoms with E-state index in [1.165, 1.54) is 6.33 Å². The first-order valence-corrected chi connectivity index (χ1v) is 8.71. The molecule has 28 heavy (non-hydrogen) atoms. The van der Waals surface area contributed by atoms with E-state index in [-0.39, 0.29) is 29.7 Å². The Balaban J connectivity index is 1.74. The number of alkyl halides is 3. The molecule has 0 saturated heterocycles. The van der Waals surface area contributed by atoms with Gasteiger partial charge in [0.1, 0.15) is 17.5 Å². The Morgan fingerprint density at radius 3 is 2.61 bits per heavy atom. The van der Waals surface area contributed by atoms with Crippen molar-refractivity contribution in [3.8, 4) is 11.8 Å². The van der Waals surface area contributed by atoms with Crippen LogP contribution >= 0.6 is 0 Å². The lowest BCUT2D eigenvalue weighted by molar-refractivity contribution is -0.137. The number of hydrogen-bond acceptors (Lipinski definition) is 7. The highest BCUT2D eigenvalue weighted by Crippen LogP contribution is 2.37. The minimum Gasteiger partial charge on any atom is -0.418 e. The lowest BCUT2D eigenvalue weighted by atomic mass is 9.93. The van der Waals surface area contributed by atoms with Crippen molar-refractivity contribution in [3.05, 3.63) is 30.2 Å². The number of halogens is 3. The van der Waals surface area contributed by atoms with E-state index >= 15 is 0 Å². The minimum atomic E-state index is -4.52. The molecule has 4 rings (SSSR count). The molecule has 0 amide bonds. The van der Waals surface area contributed by atoms with Crippen molar-refractivity contribution in [2.45, 2.75) is 44.0 Å². The number of hydrogen-bond donors (Lipinski definition) is 2. The quantitative estimate of drug-likeness (QED) is 0.702. The van der Waals surface area contributed by atoms with E-state index in [9.17, 15) is 18.3 Å². The molecule has 148 valence electrons. The maximum absolute atomic E-state index is 12.9. The van der Waals surface area contributed by atoms with Crippen molar-refractivity contribution in [3.63, 3.8) is 0 Å². The third kappa shape index (κ3) is 3.44. The Kier molecular flexibility index (Phi) is 4.53. The number of pyridine rings is 1. The Morgan fingerprint density at radius 2 is 1.89 bits per heavy atom. The average molecular weight is 394 g/mol. The molecule has 3 N–H and O–H groups in total. The minimum absolute atomic E-state index is 0.00829. The number of aliphatic hydroxyl groups is 1. The van der Waals surface area contributed by atoms with Crippen LogP contribution in [0.3, 0.4) is 0 Å². The summed E-state index contributed by atoms with van der Waals surface area (Å²) < 4.78 is 46.0. The van der Waals surface area contributed by atoms with E-state index in [1.807, 2.05) is 0 Å². The monoisotopic (exact) mass is 394 g/mol. The number of nitrogens with two attached hydrogens (primary N) is 1. The highest BCUT2D eigenvalue weighted by atomic mass is 19.4. The fourth-order valence-electron chi connectivity index (χ4n) is 3.33. The molecular formula is C17H17F3N6O2. The summed E-state index contributed by atoms with van der Waals surface area (Å²) >= 11 is 0. The molecule has 0 radical (unpaired) electrons. The summed E-state index contributed by atoms with van der Waals surface area (Å²) in [4.78, 5) is 12.0. The molecule has 1 aliphatic rings. The van der Waals surface area contributed by atoms with Crippen molar-refractivity contribution in [2.75, 3.05) is 5.73 Å². The third-order valence-electron chi connectivity index (χ3n) is 4.76. The molecule has 3 aromatic rings. The van der Waals surface area contributed by atoms with Crippen LogP contribution in [0.5, 0.6) is 11.8 Å². The van der Waals surface area contributed by atoms with Crippen LogP contribution in [0.1, 0.15) is 37.3 Å². The second kappa shape index (κ2) is 6.89. The van der Waals surface area contributed by atoms with E-state index < -0.39 is 11.7 Å². The Hall–Kier alpha value is -2.95. The maximum Gasteiger partial charge on any atom is 0.416 e. The predicted octanol–water partition coefficient (Wildman–Crippen LogP) is 3.09. The number of aromatic nitrogens is 5. The highest BCUT2D eigenvalue weighted by molar-refractivity contribution is 5.90. The van der Waals surface area contributed by atoms with Crippen LogP contribution in [0.25, 0.3) is 11.0 Å². The molecule has 3 aromatic heterocycles. The number of rotatable bonds is 3. The lowest BCUT2D eigenvalue weighted by Gasteiger charge is -2.25. The molecule has 0 aromatic carbocycles. The molecule has 1 aliphatic carbocycles. The summed E-state index contributed by atoms with van der Waals surface area (Å²) in [5.74, 6) is -0.163. The van der Waals surface area contributed by atoms with E-state index in [4.69, 9.17) is 10.5 Å². The number of nitrogen functional groups attached to an aromatic ring is 1. The predicted molar refractivity (Wildman–Crippen MR) is 92.6 cm³/mol. The molecule has 11 heteroatoms. The number of ether oxygens (including phenoxy) is 1. The first-order chi connectivity index (χ1) is 13.3. The van der Waals surface area contributed by atoms with Crippen molar-refractivity contribution in [1.82, 2.24) is 24.7 Å². The molecule has 0 atom stereocenters. The van der Waals surface area contributed by atoms with Crippen molar-refractivity contribution >= 4 is 16.9 Å². The smallest absolute Gasteiger partial charge is 0.416 e. The van der Waals surface area contributed by atoms with Gasteiger partial charge in [-0.05, 0) is 31.7 Å². The second-order valence-corrected chi connectivity index (χ2v) is 6.65. The normalized spacial score (nSPS) is 20.4. The van der Waals surface area contributed by atoms with Crippen LogP contribution in [0.4, 0.5) is 19.0 Å². The van der Waals surface area contributed by atoms with Gasteiger partial charge >= 0.3 is 6.18 Å². The summed E-state index contributed by atoms with van der Waals surface area (Å²) in [5.41, 5.74) is 5.49. The number of fused-ring (bicyclic) bond motifs is 1. The Morgan fingerprint density at radius 1 is 1.14 bits per heavy atom. The SMILES string of the molecule is Nc1ncnc2c1c(Oc1cc(C(F)(F)F)ccn1)nn2C1CCC(O)CC1. The first kappa shape index (κ1) is 18.4. The van der Waals surface area contributed by atoms with E-state index in [0.29, 0.717) is 36.7 Å². The number of nitrogens with zero attached hydrogens (tertiary/aromatic N) is 5. The molecular weight excluding hydrogens is 377 g/mol. The van der Waals surface area contributed by atoms with Gasteiger partial charge in [-0.3, -0.25) is 0 Å². The van der Waals surface area contributed by atoms with Crippen LogP contribution in [0, 0.1) is 0 Å². The van der Waals surface area contributed by atoms with Crippen molar-refractivity contribution in [1.29, 1.82) is 0 Å². The largest absolute Gasteiger partial charge is 0.418 e. The standard InChI is InChI=1S/C17H17F3N6O2/c18-17(19,20)9-5-6-22-12(7-9)28-16-13-14(21)23-8-24-15(13)26(25-16)10-1-3-11(27)4-2-10/h5-8,10-11,27H,1-4H2,(H2,21,23,24). The molecule has 0 bridgehead atoms. The van der Waals surface area contributed by atoms with Crippen LogP contribution in [0.15, 0.2) is 24.7 Å². The molecule has 0 unspecified atom stereocenters. The van der Waals surface area contributed by atoms with E-state index in [1.54, 1.807) is 4.68 Å². The zero-order valence-corrected chi connectivity index (χ0v) is 14.6. The topological polar surface area (TPSA) is 112 Å². The fraction of sp³-hybridized carbons (Fsp3) is 0.412. The summed E-state index contributed by atoms with van der Waals surface area (Å²) in [6.07, 6.45) is 0.0534. The van der Waals surface area contributed by atoms with Crippen molar-refractivity contribution < 1.29 is 23.0 Å². The average Bonchev–Trinajstić information content (AvgIpc) is 3.02. The maximum atomic E-state index is 12.9. The van der Waals surface area contributed by atoms with Crippen LogP contribution < -0.4 is 10.5 Å². The van der Waals surface area contributed by atoms with Gasteiger partial charge in [-0.1, -0.05) is 0 Å². The summed E-state index contributed by atoms with van der Waals surface area (Å²) in [7, 11) is 0. The molecule has 1 saturated carbocycles. The summed E-state index contributed by atoms with van der Waals surface area (Å²) in [6, 6.07) is 1.61.